The van der Waals surface area contributed by atoms with E-state index in [1.807, 2.05) is 25.1 Å². The van der Waals surface area contributed by atoms with Crippen LogP contribution in [0.4, 0.5) is 5.69 Å². The Labute approximate surface area is 111 Å². The maximum absolute atomic E-state index is 11.9. The van der Waals surface area contributed by atoms with Gasteiger partial charge in [-0.15, -0.1) is 0 Å². The Morgan fingerprint density at radius 1 is 1.42 bits per heavy atom. The fraction of sp³-hybridized carbons (Fsp3) is 0.133. The number of aryl methyl sites for hydroxylation is 1. The Bertz CT molecular complexity index is 633. The summed E-state index contributed by atoms with van der Waals surface area (Å²) in [6.07, 6.45) is 2.82. The van der Waals surface area contributed by atoms with Crippen molar-refractivity contribution in [1.82, 2.24) is 0 Å². The Morgan fingerprint density at radius 3 is 2.95 bits per heavy atom. The lowest BCUT2D eigenvalue weighted by atomic mass is 10.1. The molecule has 0 unspecified atom stereocenters. The highest BCUT2D eigenvalue weighted by Gasteiger charge is 2.09. The molecule has 0 spiro atoms. The lowest BCUT2D eigenvalue weighted by molar-refractivity contribution is 0.102. The summed E-state index contributed by atoms with van der Waals surface area (Å²) in [4.78, 5) is 11.9. The van der Waals surface area contributed by atoms with E-state index >= 15 is 0 Å². The number of amides is 1. The average molecular weight is 255 g/mol. The standard InChI is InChI=1S/C15H13NO3/c1-11-4-5-12(3-2-7-17)14(9-11)16-15(18)13-6-8-19-10-13/h4-6,8-10,17H,7H2,1H3,(H,16,18). The summed E-state index contributed by atoms with van der Waals surface area (Å²) >= 11 is 0. The highest BCUT2D eigenvalue weighted by atomic mass is 16.3. The minimum absolute atomic E-state index is 0.219. The van der Waals surface area contributed by atoms with E-state index in [-0.39, 0.29) is 12.5 Å². The van der Waals surface area contributed by atoms with Crippen molar-refractivity contribution >= 4 is 11.6 Å². The van der Waals surface area contributed by atoms with Crippen molar-refractivity contribution < 1.29 is 14.3 Å². The van der Waals surface area contributed by atoms with Gasteiger partial charge in [0, 0.05) is 5.56 Å². The summed E-state index contributed by atoms with van der Waals surface area (Å²) in [5.41, 5.74) is 2.74. The van der Waals surface area contributed by atoms with Crippen LogP contribution in [0.2, 0.25) is 0 Å². The molecule has 0 fully saturated rings. The molecule has 0 atom stereocenters. The maximum atomic E-state index is 11.9. The third-order valence-corrected chi connectivity index (χ3v) is 2.51. The fourth-order valence-corrected chi connectivity index (χ4v) is 1.59. The first-order valence-corrected chi connectivity index (χ1v) is 5.74. The summed E-state index contributed by atoms with van der Waals surface area (Å²) in [5.74, 6) is 5.11. The van der Waals surface area contributed by atoms with Crippen LogP contribution in [0.5, 0.6) is 0 Å². The molecule has 0 radical (unpaired) electrons. The van der Waals surface area contributed by atoms with Gasteiger partial charge in [-0.2, -0.15) is 0 Å². The average Bonchev–Trinajstić information content (AvgIpc) is 2.92. The van der Waals surface area contributed by atoms with E-state index in [1.165, 1.54) is 12.5 Å². The van der Waals surface area contributed by atoms with E-state index in [0.717, 1.165) is 5.56 Å². The lowest BCUT2D eigenvalue weighted by Gasteiger charge is -2.07. The first kappa shape index (κ1) is 12.9. The van der Waals surface area contributed by atoms with Crippen LogP contribution in [-0.2, 0) is 0 Å². The minimum Gasteiger partial charge on any atom is -0.472 e. The summed E-state index contributed by atoms with van der Waals surface area (Å²) in [6.45, 7) is 1.71. The van der Waals surface area contributed by atoms with Crippen LogP contribution in [0.3, 0.4) is 0 Å². The van der Waals surface area contributed by atoms with Crippen molar-refractivity contribution in [2.45, 2.75) is 6.92 Å². The van der Waals surface area contributed by atoms with Crippen LogP contribution in [0.1, 0.15) is 21.5 Å². The van der Waals surface area contributed by atoms with E-state index in [0.29, 0.717) is 16.8 Å². The molecule has 4 nitrogen and oxygen atoms in total. The van der Waals surface area contributed by atoms with Crippen molar-refractivity contribution in [2.75, 3.05) is 11.9 Å². The molecule has 0 saturated carbocycles. The van der Waals surface area contributed by atoms with Crippen molar-refractivity contribution in [3.63, 3.8) is 0 Å². The molecule has 1 heterocycles. The number of nitrogens with one attached hydrogen (secondary N) is 1. The topological polar surface area (TPSA) is 62.5 Å². The van der Waals surface area contributed by atoms with Gasteiger partial charge >= 0.3 is 0 Å². The highest BCUT2D eigenvalue weighted by molar-refractivity contribution is 6.04. The molecule has 19 heavy (non-hydrogen) atoms. The summed E-state index contributed by atoms with van der Waals surface area (Å²) in [5, 5.41) is 11.5. The normalized spacial score (nSPS) is 9.58. The highest BCUT2D eigenvalue weighted by Crippen LogP contribution is 2.18. The van der Waals surface area contributed by atoms with E-state index in [1.54, 1.807) is 6.07 Å². The first-order chi connectivity index (χ1) is 9.20. The second kappa shape index (κ2) is 5.89. The fourth-order valence-electron chi connectivity index (χ4n) is 1.59. The molecule has 1 aromatic heterocycles. The largest absolute Gasteiger partial charge is 0.472 e. The summed E-state index contributed by atoms with van der Waals surface area (Å²) in [6, 6.07) is 7.13. The number of rotatable bonds is 2. The molecule has 1 aromatic carbocycles. The first-order valence-electron chi connectivity index (χ1n) is 5.74. The van der Waals surface area contributed by atoms with Gasteiger partial charge in [0.15, 0.2) is 0 Å². The maximum Gasteiger partial charge on any atom is 0.258 e. The van der Waals surface area contributed by atoms with Crippen LogP contribution in [0.25, 0.3) is 0 Å². The SMILES string of the molecule is Cc1ccc(C#CCO)c(NC(=O)c2ccoc2)c1. The van der Waals surface area contributed by atoms with Gasteiger partial charge < -0.3 is 14.8 Å². The molecule has 96 valence electrons. The zero-order chi connectivity index (χ0) is 13.7. The number of furan rings is 1. The van der Waals surface area contributed by atoms with Gasteiger partial charge in [-0.3, -0.25) is 4.79 Å². The number of aliphatic hydroxyl groups is 1. The van der Waals surface area contributed by atoms with E-state index in [4.69, 9.17) is 9.52 Å². The minimum atomic E-state index is -0.258. The summed E-state index contributed by atoms with van der Waals surface area (Å²) in [7, 11) is 0. The molecule has 0 aliphatic carbocycles. The van der Waals surface area contributed by atoms with Crippen molar-refractivity contribution in [3.8, 4) is 11.8 Å². The molecule has 0 aliphatic heterocycles. The molecule has 2 rings (SSSR count). The van der Waals surface area contributed by atoms with Gasteiger partial charge in [0.2, 0.25) is 0 Å². The molecule has 0 aliphatic rings. The molecule has 1 amide bonds. The quantitative estimate of drug-likeness (QED) is 0.808. The predicted octanol–water partition coefficient (Wildman–Crippen LogP) is 2.18. The number of carbonyl (C=O) groups is 1. The van der Waals surface area contributed by atoms with Crippen LogP contribution < -0.4 is 5.32 Å². The van der Waals surface area contributed by atoms with Gasteiger partial charge in [0.05, 0.1) is 17.5 Å². The number of anilines is 1. The Morgan fingerprint density at radius 2 is 2.26 bits per heavy atom. The van der Waals surface area contributed by atoms with E-state index in [2.05, 4.69) is 17.2 Å². The van der Waals surface area contributed by atoms with Gasteiger partial charge in [0.1, 0.15) is 12.9 Å². The zero-order valence-corrected chi connectivity index (χ0v) is 10.4. The molecule has 2 N–H and O–H groups in total. The number of hydrogen-bond acceptors (Lipinski definition) is 3. The van der Waals surface area contributed by atoms with Gasteiger partial charge in [0.25, 0.3) is 5.91 Å². The lowest BCUT2D eigenvalue weighted by Crippen LogP contribution is -2.12. The second-order valence-corrected chi connectivity index (χ2v) is 3.98. The van der Waals surface area contributed by atoms with Gasteiger partial charge in [-0.25, -0.2) is 0 Å². The second-order valence-electron chi connectivity index (χ2n) is 3.98. The van der Waals surface area contributed by atoms with E-state index in [9.17, 15) is 4.79 Å². The molecular weight excluding hydrogens is 242 g/mol. The van der Waals surface area contributed by atoms with Crippen molar-refractivity contribution in [2.24, 2.45) is 0 Å². The molecule has 0 bridgehead atoms. The molecule has 4 heteroatoms. The van der Waals surface area contributed by atoms with Crippen LogP contribution in [0.15, 0.2) is 41.2 Å². The monoisotopic (exact) mass is 255 g/mol. The summed E-state index contributed by atoms with van der Waals surface area (Å²) < 4.78 is 4.87. The van der Waals surface area contributed by atoms with Crippen LogP contribution >= 0.6 is 0 Å². The molecule has 2 aromatic rings. The number of benzene rings is 1. The third kappa shape index (κ3) is 3.24. The van der Waals surface area contributed by atoms with Gasteiger partial charge in [-0.1, -0.05) is 17.9 Å². The smallest absolute Gasteiger partial charge is 0.258 e. The Kier molecular flexibility index (Phi) is 4.01. The zero-order valence-electron chi connectivity index (χ0n) is 10.4. The van der Waals surface area contributed by atoms with Crippen molar-refractivity contribution in [1.29, 1.82) is 0 Å². The van der Waals surface area contributed by atoms with Gasteiger partial charge in [-0.05, 0) is 30.7 Å². The number of carbonyl (C=O) groups excluding carboxylic acids is 1. The van der Waals surface area contributed by atoms with E-state index < -0.39 is 0 Å². The third-order valence-electron chi connectivity index (χ3n) is 2.51. The Hall–Kier alpha value is -2.51. The Balaban J connectivity index is 2.28. The van der Waals surface area contributed by atoms with Crippen molar-refractivity contribution in [3.05, 3.63) is 53.5 Å². The number of hydrogen-bond donors (Lipinski definition) is 2. The molecule has 0 saturated heterocycles. The predicted molar refractivity (Wildman–Crippen MR) is 71.8 cm³/mol. The van der Waals surface area contributed by atoms with Crippen LogP contribution in [-0.4, -0.2) is 17.6 Å². The number of aliphatic hydroxyl groups excluding tert-OH is 1. The van der Waals surface area contributed by atoms with Crippen LogP contribution in [0, 0.1) is 18.8 Å². The molecular formula is C15H13NO3.